The van der Waals surface area contributed by atoms with Crippen LogP contribution < -0.4 is 15.2 Å². The van der Waals surface area contributed by atoms with Crippen molar-refractivity contribution in [1.29, 1.82) is 0 Å². The lowest BCUT2D eigenvalue weighted by atomic mass is 9.83. The molecule has 1 aliphatic carbocycles. The first-order chi connectivity index (χ1) is 17.7. The van der Waals surface area contributed by atoms with E-state index in [-0.39, 0.29) is 54.1 Å². The molecule has 12 heteroatoms. The van der Waals surface area contributed by atoms with Crippen molar-refractivity contribution in [2.45, 2.75) is 13.8 Å². The van der Waals surface area contributed by atoms with Gasteiger partial charge in [0.05, 0.1) is 42.1 Å². The van der Waals surface area contributed by atoms with Crippen LogP contribution in [0.2, 0.25) is 0 Å². The lowest BCUT2D eigenvalue weighted by molar-refractivity contribution is -0.146. The molecule has 1 aromatic rings. The summed E-state index contributed by atoms with van der Waals surface area (Å²) in [6.07, 6.45) is 5.12. The van der Waals surface area contributed by atoms with Crippen molar-refractivity contribution in [2.24, 2.45) is 17.6 Å². The number of fused-ring (bicyclic) bond motifs is 1. The number of nitrogens with two attached hydrogens (primary N) is 1. The van der Waals surface area contributed by atoms with Gasteiger partial charge in [-0.25, -0.2) is 9.59 Å². The Hall–Kier alpha value is -3.93. The van der Waals surface area contributed by atoms with Crippen LogP contribution in [0.4, 0.5) is 0 Å². The number of Topliss-reactive ketones (excluding diaryl/α,β-unsaturated/α-hetero) is 2. The zero-order valence-corrected chi connectivity index (χ0v) is 21.2. The van der Waals surface area contributed by atoms with E-state index >= 15 is 0 Å². The monoisotopic (exact) mass is 532 g/mol. The summed E-state index contributed by atoms with van der Waals surface area (Å²) in [7, 11) is 0. The molecule has 0 amide bonds. The highest BCUT2D eigenvalue weighted by molar-refractivity contribution is 7.80. The minimum atomic E-state index is -0.700. The summed E-state index contributed by atoms with van der Waals surface area (Å²) >= 11 is 4.96. The molecule has 0 bridgehead atoms. The van der Waals surface area contributed by atoms with Crippen molar-refractivity contribution in [3.05, 3.63) is 41.6 Å². The molecular formula is C25H28N2O9S. The number of hydrogen-bond acceptors (Lipinski definition) is 11. The predicted molar refractivity (Wildman–Crippen MR) is 134 cm³/mol. The normalized spacial score (nSPS) is 18.1. The van der Waals surface area contributed by atoms with Crippen LogP contribution in [0.3, 0.4) is 0 Å². The SMILES string of the molecule is CCOC(=O)COc1ccc(C(=O)CN2C=C3C=CC(C(N)=S)C(=O)C3C2)c(O)c1OCC(=O)OCC. The summed E-state index contributed by atoms with van der Waals surface area (Å²) in [5.74, 6) is -3.99. The average Bonchev–Trinajstić information content (AvgIpc) is 3.25. The standard InChI is InChI=1S/C25H28N2O9S/c1-3-33-20(29)12-35-19-8-7-15(23(32)24(19)36-13-21(30)34-4-2)18(28)11-27-9-14-5-6-16(25(26)37)22(31)17(14)10-27/h5-9,16-17,32H,3-4,10-13H2,1-2H3,(H2,26,37). The lowest BCUT2D eigenvalue weighted by Gasteiger charge is -2.22. The van der Waals surface area contributed by atoms with E-state index in [1.165, 1.54) is 12.1 Å². The second-order valence-corrected chi connectivity index (χ2v) is 8.62. The van der Waals surface area contributed by atoms with E-state index in [1.807, 2.05) is 0 Å². The maximum absolute atomic E-state index is 13.1. The number of ether oxygens (including phenoxy) is 4. The van der Waals surface area contributed by atoms with Crippen LogP contribution in [0.5, 0.6) is 17.2 Å². The largest absolute Gasteiger partial charge is 0.504 e. The van der Waals surface area contributed by atoms with Gasteiger partial charge in [0.1, 0.15) is 0 Å². The Morgan fingerprint density at radius 1 is 1.11 bits per heavy atom. The number of aromatic hydroxyl groups is 1. The minimum Gasteiger partial charge on any atom is -0.504 e. The van der Waals surface area contributed by atoms with Crippen molar-refractivity contribution in [3.63, 3.8) is 0 Å². The topological polar surface area (TPSA) is 155 Å². The molecule has 1 aliphatic heterocycles. The molecule has 3 N–H and O–H groups in total. The number of nitrogens with zero attached hydrogens (tertiary/aromatic N) is 1. The van der Waals surface area contributed by atoms with Gasteiger partial charge in [-0.2, -0.15) is 0 Å². The first-order valence-corrected chi connectivity index (χ1v) is 12.0. The van der Waals surface area contributed by atoms with Crippen LogP contribution >= 0.6 is 12.2 Å². The Balaban J connectivity index is 1.77. The molecular weight excluding hydrogens is 504 g/mol. The molecule has 0 aromatic heterocycles. The van der Waals surface area contributed by atoms with E-state index in [2.05, 4.69) is 0 Å². The van der Waals surface area contributed by atoms with Gasteiger partial charge >= 0.3 is 11.9 Å². The summed E-state index contributed by atoms with van der Waals surface area (Å²) in [5, 5.41) is 10.8. The van der Waals surface area contributed by atoms with E-state index in [0.717, 1.165) is 5.57 Å². The molecule has 0 saturated carbocycles. The summed E-state index contributed by atoms with van der Waals surface area (Å²) in [6, 6.07) is 2.66. The number of phenols is 1. The van der Waals surface area contributed by atoms with Crippen LogP contribution in [0.25, 0.3) is 0 Å². The molecule has 0 saturated heterocycles. The Morgan fingerprint density at radius 2 is 1.76 bits per heavy atom. The lowest BCUT2D eigenvalue weighted by Crippen LogP contribution is -2.37. The number of benzene rings is 1. The quantitative estimate of drug-likeness (QED) is 0.227. The molecule has 0 radical (unpaired) electrons. The Kier molecular flexibility index (Phi) is 9.23. The van der Waals surface area contributed by atoms with Crippen molar-refractivity contribution in [2.75, 3.05) is 39.5 Å². The van der Waals surface area contributed by atoms with Gasteiger partial charge in [0.2, 0.25) is 5.75 Å². The third-order valence-corrected chi connectivity index (χ3v) is 5.88. The number of esters is 2. The highest BCUT2D eigenvalue weighted by atomic mass is 32.1. The van der Waals surface area contributed by atoms with Gasteiger partial charge in [-0.1, -0.05) is 24.4 Å². The number of rotatable bonds is 12. The molecule has 198 valence electrons. The van der Waals surface area contributed by atoms with Crippen LogP contribution in [0.15, 0.2) is 36.1 Å². The van der Waals surface area contributed by atoms with Gasteiger partial charge < -0.3 is 34.7 Å². The maximum Gasteiger partial charge on any atom is 0.344 e. The number of carbonyl (C=O) groups excluding carboxylic acids is 4. The van der Waals surface area contributed by atoms with Gasteiger partial charge in [-0.05, 0) is 31.6 Å². The highest BCUT2D eigenvalue weighted by Gasteiger charge is 2.37. The van der Waals surface area contributed by atoms with Crippen LogP contribution in [0.1, 0.15) is 24.2 Å². The third-order valence-electron chi connectivity index (χ3n) is 5.62. The van der Waals surface area contributed by atoms with E-state index in [0.29, 0.717) is 0 Å². The fourth-order valence-electron chi connectivity index (χ4n) is 3.94. The summed E-state index contributed by atoms with van der Waals surface area (Å²) < 4.78 is 20.4. The van der Waals surface area contributed by atoms with E-state index < -0.39 is 48.5 Å². The Morgan fingerprint density at radius 3 is 2.38 bits per heavy atom. The van der Waals surface area contributed by atoms with Gasteiger partial charge in [0, 0.05) is 12.7 Å². The number of phenolic OH excluding ortho intramolecular Hbond substituents is 1. The fourth-order valence-corrected chi connectivity index (χ4v) is 4.14. The molecule has 37 heavy (non-hydrogen) atoms. The molecule has 2 aliphatic rings. The van der Waals surface area contributed by atoms with Crippen molar-refractivity contribution in [3.8, 4) is 17.2 Å². The Bertz CT molecular complexity index is 1160. The highest BCUT2D eigenvalue weighted by Crippen LogP contribution is 2.40. The molecule has 2 unspecified atom stereocenters. The van der Waals surface area contributed by atoms with Crippen molar-refractivity contribution in [1.82, 2.24) is 4.90 Å². The van der Waals surface area contributed by atoms with E-state index in [9.17, 15) is 24.3 Å². The number of carbonyl (C=O) groups is 4. The zero-order chi connectivity index (χ0) is 27.1. The number of thiocarbonyl (C=S) groups is 1. The molecule has 0 fully saturated rings. The van der Waals surface area contributed by atoms with Gasteiger partial charge in [-0.15, -0.1) is 0 Å². The Labute approximate surface area is 218 Å². The van der Waals surface area contributed by atoms with Crippen LogP contribution in [0, 0.1) is 11.8 Å². The molecule has 0 spiro atoms. The zero-order valence-electron chi connectivity index (χ0n) is 20.4. The summed E-state index contributed by atoms with van der Waals surface area (Å²) in [4.78, 5) is 51.0. The smallest absolute Gasteiger partial charge is 0.344 e. The maximum atomic E-state index is 13.1. The van der Waals surface area contributed by atoms with E-state index in [4.69, 9.17) is 36.9 Å². The molecule has 11 nitrogen and oxygen atoms in total. The van der Waals surface area contributed by atoms with Gasteiger partial charge in [-0.3, -0.25) is 9.59 Å². The second-order valence-electron chi connectivity index (χ2n) is 8.15. The number of ketones is 2. The summed E-state index contributed by atoms with van der Waals surface area (Å²) in [6.45, 7) is 2.62. The second kappa shape index (κ2) is 12.3. The predicted octanol–water partition coefficient (Wildman–Crippen LogP) is 1.32. The minimum absolute atomic E-state index is 0.0692. The van der Waals surface area contributed by atoms with Crippen molar-refractivity contribution >= 4 is 40.7 Å². The molecule has 1 aromatic carbocycles. The van der Waals surface area contributed by atoms with E-state index in [1.54, 1.807) is 37.1 Å². The first kappa shape index (κ1) is 27.7. The van der Waals surface area contributed by atoms with Crippen LogP contribution in [-0.2, 0) is 23.9 Å². The fraction of sp³-hybridized carbons (Fsp3) is 0.400. The number of hydrogen-bond donors (Lipinski definition) is 2. The third kappa shape index (κ3) is 6.64. The molecule has 1 heterocycles. The van der Waals surface area contributed by atoms with Crippen LogP contribution in [-0.4, -0.2) is 78.0 Å². The van der Waals surface area contributed by atoms with Gasteiger partial charge in [0.15, 0.2) is 36.3 Å². The average molecular weight is 533 g/mol. The summed E-state index contributed by atoms with van der Waals surface area (Å²) in [5.41, 5.74) is 6.30. The van der Waals surface area contributed by atoms with Gasteiger partial charge in [0.25, 0.3) is 0 Å². The molecule has 3 rings (SSSR count). The number of allylic oxidation sites excluding steroid dienone is 1. The van der Waals surface area contributed by atoms with Crippen molar-refractivity contribution < 1.29 is 43.2 Å². The molecule has 2 atom stereocenters. The first-order valence-electron chi connectivity index (χ1n) is 11.6.